The first kappa shape index (κ1) is 15.3. The molecule has 0 fully saturated rings. The lowest BCUT2D eigenvalue weighted by atomic mass is 10.0. The van der Waals surface area contributed by atoms with Gasteiger partial charge in [0.2, 0.25) is 0 Å². The molecule has 0 radical (unpaired) electrons. The third-order valence-corrected chi connectivity index (χ3v) is 3.15. The first-order valence-electron chi connectivity index (χ1n) is 6.90. The molecule has 1 unspecified atom stereocenters. The molecule has 0 aliphatic heterocycles. The Kier molecular flexibility index (Phi) is 5.17. The summed E-state index contributed by atoms with van der Waals surface area (Å²) in [5.74, 6) is 0.590. The summed E-state index contributed by atoms with van der Waals surface area (Å²) in [5, 5.41) is 10.3. The Morgan fingerprint density at radius 2 is 1.95 bits per heavy atom. The van der Waals surface area contributed by atoms with Crippen LogP contribution in [0.2, 0.25) is 0 Å². The van der Waals surface area contributed by atoms with E-state index in [4.69, 9.17) is 9.47 Å². The molecule has 0 heterocycles. The van der Waals surface area contributed by atoms with Gasteiger partial charge in [0.1, 0.15) is 23.4 Å². The summed E-state index contributed by atoms with van der Waals surface area (Å²) in [6.45, 7) is 2.63. The van der Waals surface area contributed by atoms with Crippen LogP contribution in [-0.4, -0.2) is 18.8 Å². The molecule has 2 aromatic rings. The van der Waals surface area contributed by atoms with Crippen LogP contribution in [0.5, 0.6) is 11.5 Å². The lowest BCUT2D eigenvalue weighted by molar-refractivity contribution is 0.213. The maximum atomic E-state index is 14.0. The Hall–Kier alpha value is -2.07. The summed E-state index contributed by atoms with van der Waals surface area (Å²) in [6, 6.07) is 11.5. The smallest absolute Gasteiger partial charge is 0.133 e. The molecule has 0 saturated carbocycles. The average molecular weight is 290 g/mol. The van der Waals surface area contributed by atoms with Crippen LogP contribution < -0.4 is 9.47 Å². The zero-order valence-corrected chi connectivity index (χ0v) is 12.2. The van der Waals surface area contributed by atoms with Gasteiger partial charge in [-0.2, -0.15) is 0 Å². The molecule has 2 rings (SSSR count). The van der Waals surface area contributed by atoms with Gasteiger partial charge in [-0.05, 0) is 36.2 Å². The molecule has 0 aliphatic rings. The standard InChI is InChI=1S/C17H19FO3/c1-3-9-21-14-6-4-5-12(10-14)17(19)15-8-7-13(20-2)11-16(15)18/h4-8,10-11,17,19H,3,9H2,1-2H3. The Morgan fingerprint density at radius 3 is 2.62 bits per heavy atom. The highest BCUT2D eigenvalue weighted by Gasteiger charge is 2.16. The fourth-order valence-corrected chi connectivity index (χ4v) is 2.03. The monoisotopic (exact) mass is 290 g/mol. The van der Waals surface area contributed by atoms with Crippen molar-refractivity contribution in [1.82, 2.24) is 0 Å². The van der Waals surface area contributed by atoms with E-state index in [-0.39, 0.29) is 5.56 Å². The van der Waals surface area contributed by atoms with E-state index in [1.54, 1.807) is 24.3 Å². The molecule has 3 nitrogen and oxygen atoms in total. The van der Waals surface area contributed by atoms with Crippen LogP contribution in [0.1, 0.15) is 30.6 Å². The fourth-order valence-electron chi connectivity index (χ4n) is 2.03. The van der Waals surface area contributed by atoms with Crippen molar-refractivity contribution in [3.05, 3.63) is 59.4 Å². The maximum absolute atomic E-state index is 14.0. The normalized spacial score (nSPS) is 12.0. The van der Waals surface area contributed by atoms with Crippen LogP contribution >= 0.6 is 0 Å². The first-order valence-corrected chi connectivity index (χ1v) is 6.90. The zero-order valence-electron chi connectivity index (χ0n) is 12.2. The topological polar surface area (TPSA) is 38.7 Å². The predicted octanol–water partition coefficient (Wildman–Crippen LogP) is 3.70. The highest BCUT2D eigenvalue weighted by molar-refractivity contribution is 5.38. The molecule has 4 heteroatoms. The van der Waals surface area contributed by atoms with E-state index in [1.165, 1.54) is 19.2 Å². The summed E-state index contributed by atoms with van der Waals surface area (Å²) in [7, 11) is 1.47. The average Bonchev–Trinajstić information content (AvgIpc) is 2.52. The van der Waals surface area contributed by atoms with Gasteiger partial charge in [0.15, 0.2) is 0 Å². The van der Waals surface area contributed by atoms with E-state index in [0.717, 1.165) is 6.42 Å². The van der Waals surface area contributed by atoms with Crippen LogP contribution in [0.15, 0.2) is 42.5 Å². The van der Waals surface area contributed by atoms with Crippen molar-refractivity contribution in [1.29, 1.82) is 0 Å². The number of methoxy groups -OCH3 is 1. The van der Waals surface area contributed by atoms with Gasteiger partial charge < -0.3 is 14.6 Å². The van der Waals surface area contributed by atoms with Crippen molar-refractivity contribution in [2.75, 3.05) is 13.7 Å². The molecular formula is C17H19FO3. The van der Waals surface area contributed by atoms with E-state index in [1.807, 2.05) is 13.0 Å². The van der Waals surface area contributed by atoms with Crippen LogP contribution in [-0.2, 0) is 0 Å². The number of hydrogen-bond acceptors (Lipinski definition) is 3. The second-order valence-corrected chi connectivity index (χ2v) is 4.71. The van der Waals surface area contributed by atoms with Gasteiger partial charge >= 0.3 is 0 Å². The minimum atomic E-state index is -1.04. The van der Waals surface area contributed by atoms with Crippen molar-refractivity contribution >= 4 is 0 Å². The summed E-state index contributed by atoms with van der Waals surface area (Å²) in [6.07, 6.45) is -0.138. The van der Waals surface area contributed by atoms with Gasteiger partial charge in [-0.25, -0.2) is 4.39 Å². The summed E-state index contributed by atoms with van der Waals surface area (Å²) >= 11 is 0. The van der Waals surface area contributed by atoms with Crippen LogP contribution in [0.3, 0.4) is 0 Å². The summed E-state index contributed by atoms with van der Waals surface area (Å²) in [4.78, 5) is 0. The molecule has 1 N–H and O–H groups in total. The number of ether oxygens (including phenoxy) is 2. The summed E-state index contributed by atoms with van der Waals surface area (Å²) < 4.78 is 24.5. The molecule has 1 atom stereocenters. The van der Waals surface area contributed by atoms with E-state index in [0.29, 0.717) is 23.7 Å². The highest BCUT2D eigenvalue weighted by Crippen LogP contribution is 2.28. The van der Waals surface area contributed by atoms with Gasteiger partial charge in [-0.15, -0.1) is 0 Å². The molecule has 21 heavy (non-hydrogen) atoms. The highest BCUT2D eigenvalue weighted by atomic mass is 19.1. The minimum absolute atomic E-state index is 0.212. The number of rotatable bonds is 6. The van der Waals surface area contributed by atoms with E-state index in [2.05, 4.69) is 0 Å². The maximum Gasteiger partial charge on any atom is 0.133 e. The lowest BCUT2D eigenvalue weighted by Gasteiger charge is -2.14. The first-order chi connectivity index (χ1) is 10.2. The molecule has 112 valence electrons. The van der Waals surface area contributed by atoms with Gasteiger partial charge in [-0.3, -0.25) is 0 Å². The van der Waals surface area contributed by atoms with E-state index in [9.17, 15) is 9.50 Å². The third-order valence-electron chi connectivity index (χ3n) is 3.15. The lowest BCUT2D eigenvalue weighted by Crippen LogP contribution is -2.04. The molecule has 0 aliphatic carbocycles. The van der Waals surface area contributed by atoms with Gasteiger partial charge in [0.05, 0.1) is 13.7 Å². The van der Waals surface area contributed by atoms with Crippen molar-refractivity contribution in [3.8, 4) is 11.5 Å². The Morgan fingerprint density at radius 1 is 1.14 bits per heavy atom. The molecule has 0 bridgehead atoms. The Labute approximate surface area is 124 Å². The van der Waals surface area contributed by atoms with Crippen LogP contribution in [0.25, 0.3) is 0 Å². The van der Waals surface area contributed by atoms with Crippen LogP contribution in [0.4, 0.5) is 4.39 Å². The van der Waals surface area contributed by atoms with Crippen LogP contribution in [0, 0.1) is 5.82 Å². The van der Waals surface area contributed by atoms with Crippen molar-refractivity contribution in [3.63, 3.8) is 0 Å². The second-order valence-electron chi connectivity index (χ2n) is 4.71. The van der Waals surface area contributed by atoms with Gasteiger partial charge in [-0.1, -0.05) is 19.1 Å². The largest absolute Gasteiger partial charge is 0.497 e. The number of aliphatic hydroxyl groups excluding tert-OH is 1. The molecule has 0 amide bonds. The van der Waals surface area contributed by atoms with Crippen molar-refractivity contribution in [2.45, 2.75) is 19.4 Å². The predicted molar refractivity (Wildman–Crippen MR) is 79.2 cm³/mol. The van der Waals surface area contributed by atoms with E-state index >= 15 is 0 Å². The fraction of sp³-hybridized carbons (Fsp3) is 0.294. The van der Waals surface area contributed by atoms with Crippen molar-refractivity contribution in [2.24, 2.45) is 0 Å². The quantitative estimate of drug-likeness (QED) is 0.881. The summed E-state index contributed by atoms with van der Waals surface area (Å²) in [5.41, 5.74) is 0.802. The van der Waals surface area contributed by atoms with Gasteiger partial charge in [0.25, 0.3) is 0 Å². The van der Waals surface area contributed by atoms with E-state index < -0.39 is 11.9 Å². The third kappa shape index (κ3) is 3.73. The van der Waals surface area contributed by atoms with Gasteiger partial charge in [0, 0.05) is 11.6 Å². The molecule has 2 aromatic carbocycles. The number of benzene rings is 2. The Bertz CT molecular complexity index is 598. The number of aliphatic hydroxyl groups is 1. The minimum Gasteiger partial charge on any atom is -0.497 e. The zero-order chi connectivity index (χ0) is 15.2. The number of hydrogen-bond donors (Lipinski definition) is 1. The SMILES string of the molecule is CCCOc1cccc(C(O)c2ccc(OC)cc2F)c1. The molecular weight excluding hydrogens is 271 g/mol. The molecule has 0 saturated heterocycles. The van der Waals surface area contributed by atoms with Crippen molar-refractivity contribution < 1.29 is 19.0 Å². The Balaban J connectivity index is 2.25. The second kappa shape index (κ2) is 7.09. The molecule has 0 aromatic heterocycles. The number of halogens is 1. The molecule has 0 spiro atoms.